The molecule has 3 aromatic rings. The highest BCUT2D eigenvalue weighted by atomic mass is 32.2. The van der Waals surface area contributed by atoms with Crippen LogP contribution in [0.1, 0.15) is 24.2 Å². The van der Waals surface area contributed by atoms with Gasteiger partial charge in [0.2, 0.25) is 5.91 Å². The zero-order chi connectivity index (χ0) is 18.5. The smallest absolute Gasteiger partial charge is 0.338 e. The largest absolute Gasteiger partial charge is 0.462 e. The number of esters is 1. The Morgan fingerprint density at radius 2 is 1.92 bits per heavy atom. The van der Waals surface area contributed by atoms with Gasteiger partial charge in [0.05, 0.1) is 28.5 Å². The lowest BCUT2D eigenvalue weighted by molar-refractivity contribution is -0.115. The van der Waals surface area contributed by atoms with Crippen LogP contribution in [0.4, 0.5) is 5.69 Å². The SMILES string of the molecule is CCOC(=O)c1ccc(NC(=O)[C@@H](C)Sc2nc3ccccc3[nH]2)cc1. The first-order valence-electron chi connectivity index (χ1n) is 8.26. The number of imidazole rings is 1. The molecule has 1 aromatic heterocycles. The van der Waals surface area contributed by atoms with Crippen molar-refractivity contribution in [2.24, 2.45) is 0 Å². The number of rotatable bonds is 6. The molecule has 0 radical (unpaired) electrons. The van der Waals surface area contributed by atoms with Crippen LogP contribution in [0, 0.1) is 0 Å². The van der Waals surface area contributed by atoms with E-state index in [1.165, 1.54) is 11.8 Å². The number of aromatic amines is 1. The van der Waals surface area contributed by atoms with Crippen molar-refractivity contribution in [2.45, 2.75) is 24.3 Å². The van der Waals surface area contributed by atoms with Crippen LogP contribution in [0.5, 0.6) is 0 Å². The minimum atomic E-state index is -0.376. The lowest BCUT2D eigenvalue weighted by Crippen LogP contribution is -2.22. The third kappa shape index (κ3) is 4.23. The molecule has 26 heavy (non-hydrogen) atoms. The Balaban J connectivity index is 1.60. The summed E-state index contributed by atoms with van der Waals surface area (Å²) in [7, 11) is 0. The first kappa shape index (κ1) is 18.0. The van der Waals surface area contributed by atoms with Crippen molar-refractivity contribution in [1.82, 2.24) is 9.97 Å². The number of amides is 1. The number of para-hydroxylation sites is 2. The van der Waals surface area contributed by atoms with E-state index >= 15 is 0 Å². The number of hydrogen-bond donors (Lipinski definition) is 2. The van der Waals surface area contributed by atoms with E-state index in [4.69, 9.17) is 4.74 Å². The fraction of sp³-hybridized carbons (Fsp3) is 0.211. The summed E-state index contributed by atoms with van der Waals surface area (Å²) in [6.45, 7) is 3.90. The second-order valence-corrected chi connectivity index (χ2v) is 6.94. The van der Waals surface area contributed by atoms with Gasteiger partial charge in [-0.1, -0.05) is 23.9 Å². The fourth-order valence-electron chi connectivity index (χ4n) is 2.35. The van der Waals surface area contributed by atoms with Crippen LogP contribution in [0.25, 0.3) is 11.0 Å². The van der Waals surface area contributed by atoms with E-state index in [1.54, 1.807) is 31.2 Å². The highest BCUT2D eigenvalue weighted by molar-refractivity contribution is 8.00. The van der Waals surface area contributed by atoms with E-state index in [0.29, 0.717) is 23.0 Å². The number of aromatic nitrogens is 2. The maximum atomic E-state index is 12.4. The van der Waals surface area contributed by atoms with Gasteiger partial charge < -0.3 is 15.0 Å². The van der Waals surface area contributed by atoms with Gasteiger partial charge in [-0.2, -0.15) is 0 Å². The fourth-order valence-corrected chi connectivity index (χ4v) is 3.17. The molecule has 3 rings (SSSR count). The molecular formula is C19H19N3O3S. The number of carbonyl (C=O) groups excluding carboxylic acids is 2. The molecule has 0 saturated carbocycles. The summed E-state index contributed by atoms with van der Waals surface area (Å²) in [6.07, 6.45) is 0. The summed E-state index contributed by atoms with van der Waals surface area (Å²) in [4.78, 5) is 31.7. The van der Waals surface area contributed by atoms with Crippen LogP contribution < -0.4 is 5.32 Å². The van der Waals surface area contributed by atoms with Gasteiger partial charge in [0.1, 0.15) is 0 Å². The number of benzene rings is 2. The predicted molar refractivity (Wildman–Crippen MR) is 102 cm³/mol. The summed E-state index contributed by atoms with van der Waals surface area (Å²) in [5, 5.41) is 3.21. The van der Waals surface area contributed by atoms with Crippen LogP contribution in [0.2, 0.25) is 0 Å². The molecule has 1 atom stereocenters. The molecule has 6 nitrogen and oxygen atoms in total. The van der Waals surface area contributed by atoms with Crippen molar-refractivity contribution in [1.29, 1.82) is 0 Å². The molecule has 1 heterocycles. The lowest BCUT2D eigenvalue weighted by atomic mass is 10.2. The van der Waals surface area contributed by atoms with Gasteiger partial charge in [0.25, 0.3) is 0 Å². The number of hydrogen-bond acceptors (Lipinski definition) is 5. The van der Waals surface area contributed by atoms with Crippen LogP contribution >= 0.6 is 11.8 Å². The standard InChI is InChI=1S/C19H19N3O3S/c1-3-25-18(24)13-8-10-14(11-9-13)20-17(23)12(2)26-19-21-15-6-4-5-7-16(15)22-19/h4-12H,3H2,1-2H3,(H,20,23)(H,21,22)/t12-/m1/s1. The third-order valence-corrected chi connectivity index (χ3v) is 4.67. The molecule has 2 N–H and O–H groups in total. The molecule has 0 spiro atoms. The van der Waals surface area contributed by atoms with Crippen LogP contribution in [-0.4, -0.2) is 33.7 Å². The zero-order valence-electron chi connectivity index (χ0n) is 14.5. The van der Waals surface area contributed by atoms with Crippen molar-refractivity contribution in [3.8, 4) is 0 Å². The number of anilines is 1. The van der Waals surface area contributed by atoms with Crippen molar-refractivity contribution < 1.29 is 14.3 Å². The first-order chi connectivity index (χ1) is 12.6. The Morgan fingerprint density at radius 1 is 1.19 bits per heavy atom. The molecule has 2 aromatic carbocycles. The predicted octanol–water partition coefficient (Wildman–Crippen LogP) is 3.86. The molecule has 0 aliphatic heterocycles. The number of fused-ring (bicyclic) bond motifs is 1. The van der Waals surface area contributed by atoms with Gasteiger partial charge in [-0.3, -0.25) is 4.79 Å². The highest BCUT2D eigenvalue weighted by Crippen LogP contribution is 2.24. The minimum Gasteiger partial charge on any atom is -0.462 e. The number of thioether (sulfide) groups is 1. The van der Waals surface area contributed by atoms with Gasteiger partial charge in [-0.15, -0.1) is 0 Å². The van der Waals surface area contributed by atoms with Crippen LogP contribution in [0.3, 0.4) is 0 Å². The molecular weight excluding hydrogens is 350 g/mol. The highest BCUT2D eigenvalue weighted by Gasteiger charge is 2.17. The summed E-state index contributed by atoms with van der Waals surface area (Å²) in [6, 6.07) is 14.4. The first-order valence-corrected chi connectivity index (χ1v) is 9.14. The molecule has 0 saturated heterocycles. The van der Waals surface area contributed by atoms with Crippen LogP contribution in [0.15, 0.2) is 53.7 Å². The molecule has 134 valence electrons. The van der Waals surface area contributed by atoms with Crippen LogP contribution in [-0.2, 0) is 9.53 Å². The van der Waals surface area contributed by atoms with E-state index in [1.807, 2.05) is 31.2 Å². The van der Waals surface area contributed by atoms with Gasteiger partial charge in [0.15, 0.2) is 5.16 Å². The average Bonchev–Trinajstić information content (AvgIpc) is 3.04. The molecule has 0 fully saturated rings. The van der Waals surface area contributed by atoms with Crippen molar-refractivity contribution >= 4 is 40.4 Å². The summed E-state index contributed by atoms with van der Waals surface area (Å²) < 4.78 is 4.94. The van der Waals surface area contributed by atoms with Gasteiger partial charge >= 0.3 is 5.97 Å². The number of nitrogens with zero attached hydrogens (tertiary/aromatic N) is 1. The second-order valence-electron chi connectivity index (χ2n) is 5.61. The Labute approximate surface area is 155 Å². The van der Waals surface area contributed by atoms with E-state index in [2.05, 4.69) is 15.3 Å². The minimum absolute atomic E-state index is 0.139. The maximum Gasteiger partial charge on any atom is 0.338 e. The average molecular weight is 369 g/mol. The second kappa shape index (κ2) is 8.05. The molecule has 1 amide bonds. The normalized spacial score (nSPS) is 11.9. The molecule has 0 bridgehead atoms. The van der Waals surface area contributed by atoms with E-state index < -0.39 is 0 Å². The summed E-state index contributed by atoms with van der Waals surface area (Å²) >= 11 is 1.36. The Morgan fingerprint density at radius 3 is 2.62 bits per heavy atom. The Kier molecular flexibility index (Phi) is 5.58. The van der Waals surface area contributed by atoms with E-state index in [0.717, 1.165) is 11.0 Å². The Bertz CT molecular complexity index is 888. The number of nitrogens with one attached hydrogen (secondary N) is 2. The summed E-state index contributed by atoms with van der Waals surface area (Å²) in [5.74, 6) is -0.515. The Hall–Kier alpha value is -2.80. The number of H-pyrrole nitrogens is 1. The van der Waals surface area contributed by atoms with Gasteiger partial charge in [0, 0.05) is 5.69 Å². The number of ether oxygens (including phenoxy) is 1. The van der Waals surface area contributed by atoms with Crippen molar-refractivity contribution in [3.05, 3.63) is 54.1 Å². The maximum absolute atomic E-state index is 12.4. The van der Waals surface area contributed by atoms with E-state index in [9.17, 15) is 9.59 Å². The number of carbonyl (C=O) groups is 2. The molecule has 0 aliphatic rings. The zero-order valence-corrected chi connectivity index (χ0v) is 15.3. The quantitative estimate of drug-likeness (QED) is 0.509. The van der Waals surface area contributed by atoms with Crippen molar-refractivity contribution in [3.63, 3.8) is 0 Å². The van der Waals surface area contributed by atoms with Gasteiger partial charge in [-0.05, 0) is 50.2 Å². The van der Waals surface area contributed by atoms with Crippen molar-refractivity contribution in [2.75, 3.05) is 11.9 Å². The topological polar surface area (TPSA) is 84.1 Å². The molecule has 0 aliphatic carbocycles. The van der Waals surface area contributed by atoms with E-state index in [-0.39, 0.29) is 17.1 Å². The monoisotopic (exact) mass is 369 g/mol. The third-order valence-electron chi connectivity index (χ3n) is 3.69. The van der Waals surface area contributed by atoms with Gasteiger partial charge in [-0.25, -0.2) is 9.78 Å². The lowest BCUT2D eigenvalue weighted by Gasteiger charge is -2.11. The molecule has 7 heteroatoms. The summed E-state index contributed by atoms with van der Waals surface area (Å²) in [5.41, 5.74) is 2.89. The molecule has 0 unspecified atom stereocenters.